The average Bonchev–Trinajstić information content (AvgIpc) is 2.92. The highest BCUT2D eigenvalue weighted by atomic mass is 19.4. The zero-order chi connectivity index (χ0) is 21.4. The van der Waals surface area contributed by atoms with Crippen molar-refractivity contribution in [1.82, 2.24) is 9.80 Å². The van der Waals surface area contributed by atoms with Crippen molar-refractivity contribution < 1.29 is 18.0 Å². The zero-order valence-electron chi connectivity index (χ0n) is 17.3. The largest absolute Gasteiger partial charge is 0.416 e. The highest BCUT2D eigenvalue weighted by Crippen LogP contribution is 2.32. The molecule has 0 saturated carbocycles. The summed E-state index contributed by atoms with van der Waals surface area (Å²) in [5, 5.41) is 0. The van der Waals surface area contributed by atoms with E-state index < -0.39 is 11.7 Å². The number of alkyl halides is 3. The fraction of sp³-hybridized carbons (Fsp3) is 0.435. The number of hydrogen-bond acceptors (Lipinski definition) is 2. The number of rotatable bonds is 4. The van der Waals surface area contributed by atoms with Crippen molar-refractivity contribution in [2.24, 2.45) is 0 Å². The van der Waals surface area contributed by atoms with E-state index in [1.807, 2.05) is 16.8 Å². The smallest absolute Gasteiger partial charge is 0.321 e. The van der Waals surface area contributed by atoms with Crippen LogP contribution in [-0.4, -0.2) is 35.8 Å². The Morgan fingerprint density at radius 1 is 0.931 bits per heavy atom. The summed E-state index contributed by atoms with van der Waals surface area (Å²) in [4.78, 5) is 16.3. The SMILES string of the molecule is CN1CC(=O)N(CCc2ccc(C(F)(F)F)cc2)C1c1ccc(C(C)(C)C)cc1. The van der Waals surface area contributed by atoms with E-state index in [0.717, 1.165) is 23.3 Å². The first-order valence-corrected chi connectivity index (χ1v) is 9.73. The number of carbonyl (C=O) groups is 1. The van der Waals surface area contributed by atoms with Gasteiger partial charge in [-0.2, -0.15) is 13.2 Å². The van der Waals surface area contributed by atoms with Crippen LogP contribution in [0.3, 0.4) is 0 Å². The maximum absolute atomic E-state index is 12.7. The second-order valence-electron chi connectivity index (χ2n) is 8.69. The summed E-state index contributed by atoms with van der Waals surface area (Å²) in [6, 6.07) is 13.5. The van der Waals surface area contributed by atoms with Crippen LogP contribution in [-0.2, 0) is 22.8 Å². The number of nitrogens with zero attached hydrogens (tertiary/aromatic N) is 2. The van der Waals surface area contributed by atoms with Crippen LogP contribution in [0.5, 0.6) is 0 Å². The average molecular weight is 404 g/mol. The molecule has 6 heteroatoms. The van der Waals surface area contributed by atoms with Gasteiger partial charge in [-0.1, -0.05) is 57.2 Å². The van der Waals surface area contributed by atoms with E-state index in [1.165, 1.54) is 17.7 Å². The molecule has 1 unspecified atom stereocenters. The summed E-state index contributed by atoms with van der Waals surface area (Å²) in [7, 11) is 1.92. The molecular weight excluding hydrogens is 377 g/mol. The summed E-state index contributed by atoms with van der Waals surface area (Å²) in [5.74, 6) is 0.0318. The molecule has 1 saturated heterocycles. The van der Waals surface area contributed by atoms with E-state index in [4.69, 9.17) is 0 Å². The molecule has 0 bridgehead atoms. The molecule has 1 aliphatic heterocycles. The molecule has 2 aromatic rings. The molecule has 1 fully saturated rings. The quantitative estimate of drug-likeness (QED) is 0.715. The number of benzene rings is 2. The van der Waals surface area contributed by atoms with Gasteiger partial charge < -0.3 is 4.90 Å². The molecule has 1 atom stereocenters. The zero-order valence-corrected chi connectivity index (χ0v) is 17.3. The van der Waals surface area contributed by atoms with Crippen LogP contribution in [0.25, 0.3) is 0 Å². The van der Waals surface area contributed by atoms with E-state index in [9.17, 15) is 18.0 Å². The minimum Gasteiger partial charge on any atom is -0.321 e. The van der Waals surface area contributed by atoms with Crippen molar-refractivity contribution in [3.63, 3.8) is 0 Å². The molecule has 2 aromatic carbocycles. The third kappa shape index (κ3) is 4.81. The van der Waals surface area contributed by atoms with Crippen LogP contribution < -0.4 is 0 Å². The Balaban J connectivity index is 1.74. The first-order valence-electron chi connectivity index (χ1n) is 9.73. The summed E-state index contributed by atoms with van der Waals surface area (Å²) in [6.07, 6.45) is -3.99. The normalized spacial score (nSPS) is 18.5. The lowest BCUT2D eigenvalue weighted by Gasteiger charge is -2.29. The molecule has 1 aliphatic rings. The fourth-order valence-corrected chi connectivity index (χ4v) is 3.71. The van der Waals surface area contributed by atoms with Crippen LogP contribution in [0.1, 0.15) is 49.2 Å². The Bertz CT molecular complexity index is 852. The summed E-state index contributed by atoms with van der Waals surface area (Å²) in [5.41, 5.74) is 2.44. The Morgan fingerprint density at radius 2 is 1.48 bits per heavy atom. The van der Waals surface area contributed by atoms with Crippen molar-refractivity contribution in [3.8, 4) is 0 Å². The van der Waals surface area contributed by atoms with Gasteiger partial charge in [0.2, 0.25) is 5.91 Å². The Hall–Kier alpha value is -2.34. The molecule has 0 radical (unpaired) electrons. The lowest BCUT2D eigenvalue weighted by atomic mass is 9.86. The maximum atomic E-state index is 12.7. The molecule has 3 rings (SSSR count). The van der Waals surface area contributed by atoms with Crippen LogP contribution in [0.2, 0.25) is 0 Å². The van der Waals surface area contributed by atoms with Gasteiger partial charge >= 0.3 is 6.18 Å². The number of halogens is 3. The van der Waals surface area contributed by atoms with Crippen molar-refractivity contribution in [2.75, 3.05) is 20.1 Å². The topological polar surface area (TPSA) is 23.6 Å². The molecule has 3 nitrogen and oxygen atoms in total. The first-order chi connectivity index (χ1) is 13.5. The molecular formula is C23H27F3N2O. The molecule has 1 heterocycles. The van der Waals surface area contributed by atoms with Crippen LogP contribution in [0.15, 0.2) is 48.5 Å². The van der Waals surface area contributed by atoms with E-state index in [2.05, 4.69) is 45.0 Å². The highest BCUT2D eigenvalue weighted by molar-refractivity contribution is 5.81. The molecule has 0 aliphatic carbocycles. The molecule has 0 aromatic heterocycles. The Labute approximate surface area is 170 Å². The number of hydrogen-bond donors (Lipinski definition) is 0. The van der Waals surface area contributed by atoms with Crippen molar-refractivity contribution >= 4 is 5.91 Å². The molecule has 29 heavy (non-hydrogen) atoms. The van der Waals surface area contributed by atoms with Gasteiger partial charge in [-0.3, -0.25) is 9.69 Å². The van der Waals surface area contributed by atoms with Gasteiger partial charge in [0.25, 0.3) is 0 Å². The molecule has 0 N–H and O–H groups in total. The third-order valence-corrected chi connectivity index (χ3v) is 5.42. The minimum atomic E-state index is -4.34. The van der Waals surface area contributed by atoms with Gasteiger partial charge in [-0.15, -0.1) is 0 Å². The second-order valence-corrected chi connectivity index (χ2v) is 8.69. The molecule has 156 valence electrons. The molecule has 1 amide bonds. The second kappa shape index (κ2) is 7.82. The van der Waals surface area contributed by atoms with Crippen LogP contribution in [0, 0.1) is 0 Å². The number of amides is 1. The van der Waals surface area contributed by atoms with Crippen LogP contribution >= 0.6 is 0 Å². The van der Waals surface area contributed by atoms with Crippen molar-refractivity contribution in [1.29, 1.82) is 0 Å². The van der Waals surface area contributed by atoms with Gasteiger partial charge in [0, 0.05) is 6.54 Å². The van der Waals surface area contributed by atoms with Gasteiger partial charge in [-0.05, 0) is 47.7 Å². The maximum Gasteiger partial charge on any atom is 0.416 e. The predicted octanol–water partition coefficient (Wildman–Crippen LogP) is 5.02. The lowest BCUT2D eigenvalue weighted by molar-refractivity contribution is -0.137. The lowest BCUT2D eigenvalue weighted by Crippen LogP contribution is -2.32. The summed E-state index contributed by atoms with van der Waals surface area (Å²) in [6.45, 7) is 7.26. The van der Waals surface area contributed by atoms with E-state index in [1.54, 1.807) is 0 Å². The predicted molar refractivity (Wildman–Crippen MR) is 107 cm³/mol. The van der Waals surface area contributed by atoms with E-state index in [-0.39, 0.29) is 17.5 Å². The highest BCUT2D eigenvalue weighted by Gasteiger charge is 2.36. The fourth-order valence-electron chi connectivity index (χ4n) is 3.71. The van der Waals surface area contributed by atoms with Crippen LogP contribution in [0.4, 0.5) is 13.2 Å². The Morgan fingerprint density at radius 3 is 2.00 bits per heavy atom. The molecule has 0 spiro atoms. The van der Waals surface area contributed by atoms with Crippen molar-refractivity contribution in [3.05, 3.63) is 70.8 Å². The van der Waals surface area contributed by atoms with Gasteiger partial charge in [0.15, 0.2) is 0 Å². The number of likely N-dealkylation sites (N-methyl/N-ethyl adjacent to an activating group) is 1. The summed E-state index contributed by atoms with van der Waals surface area (Å²) < 4.78 is 38.2. The first kappa shape index (κ1) is 21.4. The van der Waals surface area contributed by atoms with E-state index >= 15 is 0 Å². The van der Waals surface area contributed by atoms with Gasteiger partial charge in [0.05, 0.1) is 12.1 Å². The number of carbonyl (C=O) groups excluding carboxylic acids is 1. The van der Waals surface area contributed by atoms with E-state index in [0.29, 0.717) is 19.5 Å². The van der Waals surface area contributed by atoms with Gasteiger partial charge in [-0.25, -0.2) is 0 Å². The van der Waals surface area contributed by atoms with Crippen molar-refractivity contribution in [2.45, 2.75) is 44.9 Å². The van der Waals surface area contributed by atoms with Gasteiger partial charge in [0.1, 0.15) is 6.17 Å². The third-order valence-electron chi connectivity index (χ3n) is 5.42. The summed E-state index contributed by atoms with van der Waals surface area (Å²) >= 11 is 0. The Kier molecular flexibility index (Phi) is 5.77. The minimum absolute atomic E-state index is 0.0318. The monoisotopic (exact) mass is 404 g/mol. The standard InChI is InChI=1S/C23H27F3N2O/c1-22(2,3)18-11-7-17(8-12-18)21-27(4)15-20(29)28(21)14-13-16-5-9-19(10-6-16)23(24,25)26/h5-12,21H,13-15H2,1-4H3.